The number of aromatic hydroxyl groups is 1. The summed E-state index contributed by atoms with van der Waals surface area (Å²) < 4.78 is 0. The fraction of sp³-hybridized carbons (Fsp3) is 0.731. The third-order valence-corrected chi connectivity index (χ3v) is 14.9. The smallest absolute Gasteiger partial charge is 0.248 e. The summed E-state index contributed by atoms with van der Waals surface area (Å²) in [7, 11) is 0. The molecule has 0 spiro atoms. The van der Waals surface area contributed by atoms with Crippen LogP contribution in [0.25, 0.3) is 0 Å². The Labute approximate surface area is 438 Å². The van der Waals surface area contributed by atoms with E-state index >= 15 is 0 Å². The Bertz CT molecular complexity index is 2100. The number of aliphatic hydroxyl groups excluding tert-OH is 7. The molecule has 3 saturated heterocycles. The number of aliphatic hydroxyl groups is 7. The highest BCUT2D eigenvalue weighted by atomic mass is 16.3. The lowest BCUT2D eigenvalue weighted by molar-refractivity contribution is -0.149. The molecule has 0 aliphatic carbocycles. The van der Waals surface area contributed by atoms with Crippen LogP contribution in [0.2, 0.25) is 0 Å². The van der Waals surface area contributed by atoms with E-state index in [9.17, 15) is 79.2 Å². The first-order valence-electron chi connectivity index (χ1n) is 26.5. The number of benzene rings is 1. The average molecular weight is 1060 g/mol. The van der Waals surface area contributed by atoms with Gasteiger partial charge in [-0.25, -0.2) is 0 Å². The maximum Gasteiger partial charge on any atom is 0.248 e. The summed E-state index contributed by atoms with van der Waals surface area (Å²) >= 11 is 0. The molecule has 0 saturated carbocycles. The van der Waals surface area contributed by atoms with Crippen LogP contribution in [0, 0.1) is 17.8 Å². The highest BCUT2D eigenvalue weighted by molar-refractivity contribution is 5.98. The number of nitrogens with zero attached hydrogens (tertiary/aromatic N) is 2. The third kappa shape index (κ3) is 17.9. The number of unbranched alkanes of at least 4 members (excludes halogenated alkanes) is 5. The van der Waals surface area contributed by atoms with E-state index in [1.165, 1.54) is 25.5 Å². The van der Waals surface area contributed by atoms with Crippen LogP contribution in [-0.4, -0.2) is 184 Å². The summed E-state index contributed by atoms with van der Waals surface area (Å²) in [5.41, 5.74) is 5.31. The van der Waals surface area contributed by atoms with Crippen molar-refractivity contribution in [3.8, 4) is 5.75 Å². The van der Waals surface area contributed by atoms with Crippen molar-refractivity contribution >= 4 is 47.1 Å². The van der Waals surface area contributed by atoms with Gasteiger partial charge in [-0.15, -0.1) is 0 Å². The molecule has 16 atom stereocenters. The first-order valence-corrected chi connectivity index (χ1v) is 26.5. The summed E-state index contributed by atoms with van der Waals surface area (Å²) in [6.45, 7) is 8.36. The van der Waals surface area contributed by atoms with Crippen molar-refractivity contribution in [1.82, 2.24) is 31.1 Å². The monoisotopic (exact) mass is 1060 g/mol. The molecule has 0 bridgehead atoms. The molecular formula is C52H83N7O16. The van der Waals surface area contributed by atoms with Gasteiger partial charge < -0.3 is 77.7 Å². The van der Waals surface area contributed by atoms with E-state index in [1.54, 1.807) is 0 Å². The van der Waals surface area contributed by atoms with E-state index in [2.05, 4.69) is 42.0 Å². The predicted molar refractivity (Wildman–Crippen MR) is 270 cm³/mol. The zero-order valence-corrected chi connectivity index (χ0v) is 43.9. The minimum absolute atomic E-state index is 0.0100. The SMILES string of the molecule is CCC(C)CC(C)CCCCCCCCC(=O)N[C@H]1C[C@@H](O)[C@@H](C)NC(=O)[C@@H]2[C@@H](O)CCN2C(=O)[C@H]([C@H](O)CC(N)=O)NC(=O)[C@H]([C@H](O)[C@@H](O)c2ccc(O)cc2)CC(=O)[C@@H]2C[C@@H](O)CN2C(=O)[C@H]([C@@H](C)O)NC1=O. The molecule has 0 aromatic heterocycles. The number of fused-ring (bicyclic) bond motifs is 2. The molecule has 23 heteroatoms. The first-order chi connectivity index (χ1) is 35.3. The average Bonchev–Trinajstić information content (AvgIpc) is 3.95. The van der Waals surface area contributed by atoms with Gasteiger partial charge in [0, 0.05) is 38.8 Å². The maximum atomic E-state index is 14.5. The minimum Gasteiger partial charge on any atom is -0.508 e. The van der Waals surface area contributed by atoms with E-state index in [0.717, 1.165) is 73.8 Å². The number of hydrogen-bond donors (Lipinski definition) is 13. The predicted octanol–water partition coefficient (Wildman–Crippen LogP) is -1.18. The fourth-order valence-corrected chi connectivity index (χ4v) is 10.2. The number of primary amides is 1. The Hall–Kier alpha value is -5.30. The molecule has 3 aliphatic heterocycles. The van der Waals surface area contributed by atoms with Crippen LogP contribution in [0.1, 0.15) is 143 Å². The number of amides is 7. The van der Waals surface area contributed by atoms with Gasteiger partial charge in [0.25, 0.3) is 0 Å². The van der Waals surface area contributed by atoms with Crippen LogP contribution in [0.15, 0.2) is 24.3 Å². The van der Waals surface area contributed by atoms with Gasteiger partial charge in [-0.2, -0.15) is 0 Å². The summed E-state index contributed by atoms with van der Waals surface area (Å²) in [5.74, 6) is -9.42. The topological polar surface area (TPSA) is 379 Å². The molecule has 1 aromatic rings. The number of carbonyl (C=O) groups excluding carboxylic acids is 8. The van der Waals surface area contributed by atoms with Crippen LogP contribution in [0.3, 0.4) is 0 Å². The van der Waals surface area contributed by atoms with E-state index in [4.69, 9.17) is 5.73 Å². The molecular weight excluding hydrogens is 979 g/mol. The number of hydrogen-bond acceptors (Lipinski definition) is 16. The Morgan fingerprint density at radius 3 is 2.01 bits per heavy atom. The number of rotatable bonds is 20. The molecule has 2 unspecified atom stereocenters. The van der Waals surface area contributed by atoms with Gasteiger partial charge in [0.2, 0.25) is 41.4 Å². The van der Waals surface area contributed by atoms with Gasteiger partial charge in [0.15, 0.2) is 5.78 Å². The standard InChI is InChI=1S/C52H83N7O16/c1-6-27(2)21-28(3)13-11-9-7-8-10-12-14-42(68)55-35-24-38(64)29(4)54-50(73)45-37(63)19-20-58(45)52(75)44(40(66)25-41(53)67)57-48(71)34(47(70)46(69)31-15-17-32(61)18-16-31)23-39(65)36-22-33(62)26-59(36)51(74)43(30(5)60)56-49(35)72/h15-18,27-30,33-38,40,43-47,60-64,66,69-70H,6-14,19-26H2,1-5H3,(H2,53,67)(H,54,73)(H,55,68)(H,56,72)(H,57,71)/t27?,28?,29-,30-,33-,34+,35+,36+,37+,38-,40-,43+,44+,45+,46+,47+/m1/s1. The second-order valence-corrected chi connectivity index (χ2v) is 21.2. The van der Waals surface area contributed by atoms with Crippen LogP contribution < -0.4 is 27.0 Å². The molecule has 422 valence electrons. The summed E-state index contributed by atoms with van der Waals surface area (Å²) in [6.07, 6.45) is -7.05. The second-order valence-electron chi connectivity index (χ2n) is 21.2. The normalized spacial score (nSPS) is 29.1. The molecule has 75 heavy (non-hydrogen) atoms. The van der Waals surface area contributed by atoms with Gasteiger partial charge in [-0.3, -0.25) is 38.4 Å². The van der Waals surface area contributed by atoms with Crippen molar-refractivity contribution in [2.75, 3.05) is 13.1 Å². The lowest BCUT2D eigenvalue weighted by Gasteiger charge is -2.34. The fourth-order valence-electron chi connectivity index (χ4n) is 10.2. The highest BCUT2D eigenvalue weighted by Gasteiger charge is 2.49. The van der Waals surface area contributed by atoms with Crippen molar-refractivity contribution in [2.45, 2.75) is 210 Å². The van der Waals surface area contributed by atoms with Crippen LogP contribution in [0.5, 0.6) is 5.75 Å². The number of Topliss-reactive ketones (excluding diaryl/α,β-unsaturated/α-hetero) is 1. The molecule has 0 radical (unpaired) electrons. The van der Waals surface area contributed by atoms with Crippen LogP contribution in [-0.2, 0) is 38.4 Å². The third-order valence-electron chi connectivity index (χ3n) is 14.9. The van der Waals surface area contributed by atoms with Crippen LogP contribution >= 0.6 is 0 Å². The Balaban J connectivity index is 1.69. The van der Waals surface area contributed by atoms with E-state index in [0.29, 0.717) is 18.3 Å². The van der Waals surface area contributed by atoms with Gasteiger partial charge in [-0.05, 0) is 62.6 Å². The Kier molecular flexibility index (Phi) is 24.3. The second kappa shape index (κ2) is 29.3. The van der Waals surface area contributed by atoms with E-state index in [-0.39, 0.29) is 30.7 Å². The van der Waals surface area contributed by atoms with E-state index in [1.807, 2.05) is 0 Å². The largest absolute Gasteiger partial charge is 0.508 e. The molecule has 1 aromatic carbocycles. The Morgan fingerprint density at radius 1 is 0.773 bits per heavy atom. The van der Waals surface area contributed by atoms with Crippen molar-refractivity contribution in [1.29, 1.82) is 0 Å². The lowest BCUT2D eigenvalue weighted by Crippen LogP contribution is -2.61. The number of nitrogens with two attached hydrogens (primary N) is 1. The zero-order valence-electron chi connectivity index (χ0n) is 43.9. The number of ketones is 1. The molecule has 3 heterocycles. The Morgan fingerprint density at radius 2 is 1.39 bits per heavy atom. The van der Waals surface area contributed by atoms with Crippen molar-refractivity contribution in [3.05, 3.63) is 29.8 Å². The molecule has 4 rings (SSSR count). The molecule has 3 fully saturated rings. The maximum absolute atomic E-state index is 14.5. The summed E-state index contributed by atoms with van der Waals surface area (Å²) in [5, 5.41) is 98.5. The van der Waals surface area contributed by atoms with Gasteiger partial charge in [0.1, 0.15) is 36.0 Å². The summed E-state index contributed by atoms with van der Waals surface area (Å²) in [4.78, 5) is 113. The van der Waals surface area contributed by atoms with E-state index < -0.39 is 164 Å². The molecule has 3 aliphatic rings. The summed E-state index contributed by atoms with van der Waals surface area (Å²) in [6, 6.07) is -5.46. The van der Waals surface area contributed by atoms with Gasteiger partial charge in [0.05, 0.1) is 61.0 Å². The number of phenols is 1. The molecule has 7 amide bonds. The quantitative estimate of drug-likeness (QED) is 0.0684. The highest BCUT2D eigenvalue weighted by Crippen LogP contribution is 2.30. The van der Waals surface area contributed by atoms with Gasteiger partial charge in [-0.1, -0.05) is 77.8 Å². The van der Waals surface area contributed by atoms with Crippen LogP contribution in [0.4, 0.5) is 0 Å². The van der Waals surface area contributed by atoms with Gasteiger partial charge >= 0.3 is 0 Å². The molecule has 14 N–H and O–H groups in total. The van der Waals surface area contributed by atoms with Crippen molar-refractivity contribution in [2.24, 2.45) is 23.5 Å². The number of carbonyl (C=O) groups is 8. The lowest BCUT2D eigenvalue weighted by atomic mass is 9.86. The number of nitrogens with one attached hydrogen (secondary N) is 4. The van der Waals surface area contributed by atoms with Crippen molar-refractivity contribution in [3.63, 3.8) is 0 Å². The zero-order chi connectivity index (χ0) is 55.8. The van der Waals surface area contributed by atoms with Crippen molar-refractivity contribution < 1.29 is 79.2 Å². The first kappa shape index (κ1) is 62.2. The minimum atomic E-state index is -2.22. The molecule has 23 nitrogen and oxygen atoms in total. The number of phenolic OH excluding ortho intramolecular Hbond substituents is 1.